The predicted molar refractivity (Wildman–Crippen MR) is 341 cm³/mol. The summed E-state index contributed by atoms with van der Waals surface area (Å²) >= 11 is 0. The molecule has 0 aromatic carbocycles. The number of likely N-dealkylation sites (tertiary alicyclic amines) is 1. The molecular formula is C56H95N21O22. The van der Waals surface area contributed by atoms with Gasteiger partial charge in [0.05, 0.1) is 32.1 Å². The molecule has 0 unspecified atom stereocenters. The molecule has 0 aromatic rings. The van der Waals surface area contributed by atoms with Gasteiger partial charge in [-0.25, -0.2) is 4.79 Å². The first kappa shape index (κ1) is 86.6. The van der Waals surface area contributed by atoms with Crippen molar-refractivity contribution in [2.45, 2.75) is 196 Å². The van der Waals surface area contributed by atoms with Gasteiger partial charge in [0.2, 0.25) is 94.5 Å². The fraction of sp³-hybridized carbons (Fsp3) is 0.661. The second-order valence-electron chi connectivity index (χ2n) is 23.3. The number of nitrogens with two attached hydrogens (primary N) is 9. The number of carbonyl (C=O) groups is 18. The van der Waals surface area contributed by atoms with E-state index >= 15 is 0 Å². The Hall–Kier alpha value is -10.4. The van der Waals surface area contributed by atoms with E-state index < -0.39 is 262 Å². The fourth-order valence-corrected chi connectivity index (χ4v) is 9.53. The average Bonchev–Trinajstić information content (AvgIpc) is 1.76. The summed E-state index contributed by atoms with van der Waals surface area (Å²) in [4.78, 5) is 240. The van der Waals surface area contributed by atoms with E-state index in [1.165, 1.54) is 13.8 Å². The van der Waals surface area contributed by atoms with Crippen LogP contribution in [-0.4, -0.2) is 243 Å². The fourth-order valence-electron chi connectivity index (χ4n) is 9.53. The van der Waals surface area contributed by atoms with Crippen LogP contribution in [0.2, 0.25) is 0 Å². The highest BCUT2D eigenvalue weighted by Crippen LogP contribution is 2.21. The number of carboxylic acid groups (broad SMARTS) is 2. The number of nitrogens with zero attached hydrogens (tertiary/aromatic N) is 2. The van der Waals surface area contributed by atoms with E-state index in [4.69, 9.17) is 51.6 Å². The molecular weight excluding hydrogens is 1320 g/mol. The molecule has 0 bridgehead atoms. The number of rotatable bonds is 49. The van der Waals surface area contributed by atoms with Gasteiger partial charge >= 0.3 is 11.9 Å². The molecule has 16 amide bonds. The summed E-state index contributed by atoms with van der Waals surface area (Å²) in [6.45, 7) is 0.469. The minimum Gasteiger partial charge on any atom is -0.481 e. The number of hydrogen-bond donors (Lipinski definition) is 23. The van der Waals surface area contributed by atoms with Crippen LogP contribution in [0.15, 0.2) is 4.99 Å². The van der Waals surface area contributed by atoms with Gasteiger partial charge in [-0.15, -0.1) is 0 Å². The Labute approximate surface area is 566 Å². The molecule has 12 atom stereocenters. The van der Waals surface area contributed by atoms with Gasteiger partial charge in [0, 0.05) is 38.8 Å². The van der Waals surface area contributed by atoms with Crippen molar-refractivity contribution < 1.29 is 107 Å². The Balaban J connectivity index is 3.62. The van der Waals surface area contributed by atoms with Crippen molar-refractivity contribution in [1.29, 1.82) is 0 Å². The Bertz CT molecular complexity index is 2930. The lowest BCUT2D eigenvalue weighted by molar-refractivity contribution is -0.146. The van der Waals surface area contributed by atoms with Crippen LogP contribution >= 0.6 is 0 Å². The summed E-state index contributed by atoms with van der Waals surface area (Å²) in [5, 5.41) is 62.2. The number of guanidine groups is 1. The first-order valence-electron chi connectivity index (χ1n) is 31.3. The van der Waals surface area contributed by atoms with Crippen LogP contribution in [0.3, 0.4) is 0 Å². The predicted octanol–water partition coefficient (Wildman–Crippen LogP) is -12.5. The minimum atomic E-state index is -2.13. The van der Waals surface area contributed by atoms with E-state index in [2.05, 4.69) is 58.2 Å². The van der Waals surface area contributed by atoms with Gasteiger partial charge in [-0.1, -0.05) is 13.8 Å². The highest BCUT2D eigenvalue weighted by atomic mass is 16.4. The van der Waals surface area contributed by atoms with E-state index in [1.807, 2.05) is 0 Å². The number of aliphatic imine (C=N–C) groups is 1. The molecule has 1 aliphatic heterocycles. The van der Waals surface area contributed by atoms with Crippen molar-refractivity contribution in [2.24, 2.45) is 62.5 Å². The van der Waals surface area contributed by atoms with Crippen molar-refractivity contribution in [3.63, 3.8) is 0 Å². The van der Waals surface area contributed by atoms with Crippen molar-refractivity contribution in [1.82, 2.24) is 58.1 Å². The Kier molecular flexibility index (Phi) is 38.8. The molecule has 0 aliphatic carbocycles. The Morgan fingerprint density at radius 3 is 1.20 bits per heavy atom. The van der Waals surface area contributed by atoms with Crippen molar-refractivity contribution in [2.75, 3.05) is 32.8 Å². The number of aliphatic hydroxyl groups is 2. The molecule has 99 heavy (non-hydrogen) atoms. The number of carboxylic acids is 2. The third-order valence-corrected chi connectivity index (χ3v) is 14.9. The molecule has 32 N–H and O–H groups in total. The SMILES string of the molecule is CC(C)[C@H](NC(=O)[C@@H]1CCCN1C(=O)[C@H](CC(N)=O)NC(=O)[C@H](CCC(=O)O)NC(=O)[C@H](CC(N)=O)NC(=O)[C@H](CCC(N)=O)NC(=O)[C@H](CO)NC(=O)[C@H](CCCN=C(N)N)NC(=O)[C@H](CCC(N)=O)NC(=O)[C@H](CO)NC(=O)[C@H](CCCCN)NC(=O)[C@@H](N)CCC(N)=O)C(=O)O. The molecule has 0 radical (unpaired) electrons. The topological polar surface area (TPSA) is 758 Å². The third kappa shape index (κ3) is 32.9. The quantitative estimate of drug-likeness (QED) is 0.0153. The zero-order valence-corrected chi connectivity index (χ0v) is 54.8. The Morgan fingerprint density at radius 1 is 0.444 bits per heavy atom. The maximum Gasteiger partial charge on any atom is 0.326 e. The van der Waals surface area contributed by atoms with E-state index in [-0.39, 0.29) is 64.6 Å². The van der Waals surface area contributed by atoms with E-state index in [0.717, 1.165) is 4.90 Å². The Morgan fingerprint density at radius 2 is 0.808 bits per heavy atom. The van der Waals surface area contributed by atoms with E-state index in [9.17, 15) is 107 Å². The highest BCUT2D eigenvalue weighted by Gasteiger charge is 2.42. The summed E-state index contributed by atoms with van der Waals surface area (Å²) < 4.78 is 0. The number of amides is 16. The van der Waals surface area contributed by atoms with Crippen LogP contribution in [0, 0.1) is 5.92 Å². The van der Waals surface area contributed by atoms with Gasteiger partial charge in [0.15, 0.2) is 5.96 Å². The lowest BCUT2D eigenvalue weighted by Crippen LogP contribution is -2.61. The summed E-state index contributed by atoms with van der Waals surface area (Å²) in [5.74, 6) is -22.5. The molecule has 0 saturated carbocycles. The molecule has 1 aliphatic rings. The van der Waals surface area contributed by atoms with Gasteiger partial charge in [0.25, 0.3) is 0 Å². The second kappa shape index (κ2) is 44.4. The molecule has 0 spiro atoms. The van der Waals surface area contributed by atoms with Crippen molar-refractivity contribution in [3.05, 3.63) is 0 Å². The van der Waals surface area contributed by atoms with Gasteiger partial charge in [0.1, 0.15) is 66.5 Å². The average molecular weight is 1410 g/mol. The lowest BCUT2D eigenvalue weighted by Gasteiger charge is -2.30. The largest absolute Gasteiger partial charge is 0.481 e. The van der Waals surface area contributed by atoms with Gasteiger partial charge in [-0.2, -0.15) is 0 Å². The van der Waals surface area contributed by atoms with Crippen LogP contribution in [0.1, 0.15) is 123 Å². The zero-order valence-electron chi connectivity index (χ0n) is 54.8. The van der Waals surface area contributed by atoms with E-state index in [0.29, 0.717) is 6.42 Å². The maximum atomic E-state index is 14.1. The first-order chi connectivity index (χ1) is 46.4. The molecule has 0 aromatic heterocycles. The standard InChI is InChI=1S/C56H95N21O22/c1-25(2)43(55(98)99)76-53(96)36-9-6-20-77(36)54(97)33(22-41(63)84)73-49(92)31(13-17-42(85)86)69-50(93)32(21-40(62)83)72-48(91)30(12-16-39(61)82)71-52(95)35(24-79)75-46(89)28(8-5-19-66-56(64)65)68-47(90)29(11-15-38(60)81)70-51(94)34(23-78)74-45(88)27(7-3-4-18-57)67-44(87)26(58)10-14-37(59)80/h25-36,43,78-79H,3-24,57-58H2,1-2H3,(H2,59,80)(H2,60,81)(H2,61,82)(H2,62,83)(H2,63,84)(H,67,87)(H,68,90)(H,69,93)(H,70,94)(H,71,95)(H,72,91)(H,73,92)(H,74,88)(H,75,89)(H,76,96)(H,85,86)(H,98,99)(H4,64,65,66)/t26-,27-,28-,29-,30-,31-,32-,33-,34-,35-,36-,43-/m0/s1. The monoisotopic (exact) mass is 1410 g/mol. The molecule has 43 heteroatoms. The van der Waals surface area contributed by atoms with Gasteiger partial charge < -0.3 is 130 Å². The molecule has 1 fully saturated rings. The van der Waals surface area contributed by atoms with Crippen LogP contribution < -0.4 is 105 Å². The summed E-state index contributed by atoms with van der Waals surface area (Å²) in [5.41, 5.74) is 49.0. The number of unbranched alkanes of at least 4 members (excludes halogenated alkanes) is 1. The van der Waals surface area contributed by atoms with Crippen LogP contribution in [0.4, 0.5) is 0 Å². The first-order valence-corrected chi connectivity index (χ1v) is 31.3. The maximum absolute atomic E-state index is 14.1. The third-order valence-electron chi connectivity index (χ3n) is 14.9. The van der Waals surface area contributed by atoms with Crippen LogP contribution in [-0.2, 0) is 86.3 Å². The number of primary amides is 5. The van der Waals surface area contributed by atoms with Crippen molar-refractivity contribution >= 4 is 112 Å². The molecule has 43 nitrogen and oxygen atoms in total. The number of aliphatic hydroxyl groups excluding tert-OH is 2. The number of carbonyl (C=O) groups excluding carboxylic acids is 16. The second-order valence-corrected chi connectivity index (χ2v) is 23.3. The van der Waals surface area contributed by atoms with Gasteiger partial charge in [-0.05, 0) is 83.1 Å². The minimum absolute atomic E-state index is 0.0178. The smallest absolute Gasteiger partial charge is 0.326 e. The highest BCUT2D eigenvalue weighted by molar-refractivity contribution is 6.01. The number of nitrogens with one attached hydrogen (secondary N) is 10. The lowest BCUT2D eigenvalue weighted by atomic mass is 10.0. The van der Waals surface area contributed by atoms with Crippen molar-refractivity contribution in [3.8, 4) is 0 Å². The summed E-state index contributed by atoms with van der Waals surface area (Å²) in [6, 6.07) is -20.9. The molecule has 1 saturated heterocycles. The number of aliphatic carboxylic acids is 2. The zero-order chi connectivity index (χ0) is 75.4. The van der Waals surface area contributed by atoms with E-state index in [1.54, 1.807) is 0 Å². The molecule has 556 valence electrons. The molecule has 1 rings (SSSR count). The van der Waals surface area contributed by atoms with Gasteiger partial charge in [-0.3, -0.25) is 86.5 Å². The summed E-state index contributed by atoms with van der Waals surface area (Å²) in [6.07, 6.45) is -6.52. The van der Waals surface area contributed by atoms with Crippen LogP contribution in [0.25, 0.3) is 0 Å². The normalized spacial score (nSPS) is 15.8. The molecule has 1 heterocycles. The van der Waals surface area contributed by atoms with Crippen LogP contribution in [0.5, 0.6) is 0 Å². The summed E-state index contributed by atoms with van der Waals surface area (Å²) in [7, 11) is 0. The number of hydrogen-bond acceptors (Lipinski definition) is 23.